The summed E-state index contributed by atoms with van der Waals surface area (Å²) in [4.78, 5) is 9.49. The summed E-state index contributed by atoms with van der Waals surface area (Å²) in [5.74, 6) is 0.915. The topological polar surface area (TPSA) is 45.4 Å². The minimum Gasteiger partial charge on any atom is -0.350 e. The van der Waals surface area contributed by atoms with E-state index in [1.165, 1.54) is 19.4 Å². The molecule has 0 radical (unpaired) electrons. The zero-order valence-corrected chi connectivity index (χ0v) is 12.1. The first-order chi connectivity index (χ1) is 9.19. The predicted molar refractivity (Wildman–Crippen MR) is 78.5 cm³/mol. The number of halogens is 1. The van der Waals surface area contributed by atoms with Crippen LogP contribution in [0.3, 0.4) is 0 Å². The summed E-state index contributed by atoms with van der Waals surface area (Å²) in [6, 6.07) is 3.07. The third kappa shape index (κ3) is 2.45. The summed E-state index contributed by atoms with van der Waals surface area (Å²) in [5, 5.41) is 0.723. The fraction of sp³-hybridized carbons (Fsp3) is 0.643. The largest absolute Gasteiger partial charge is 0.350 e. The molecule has 3 rings (SSSR count). The van der Waals surface area contributed by atoms with Gasteiger partial charge < -0.3 is 10.6 Å². The first-order valence-electron chi connectivity index (χ1n) is 7.04. The van der Waals surface area contributed by atoms with Crippen LogP contribution in [0.2, 0.25) is 5.02 Å². The molecule has 3 heterocycles. The molecule has 2 unspecified atom stereocenters. The Morgan fingerprint density at radius 3 is 3.05 bits per heavy atom. The lowest BCUT2D eigenvalue weighted by Gasteiger charge is -2.43. The van der Waals surface area contributed by atoms with Crippen molar-refractivity contribution in [2.45, 2.75) is 38.4 Å². The van der Waals surface area contributed by atoms with Crippen molar-refractivity contribution in [3.63, 3.8) is 0 Å². The molecule has 2 atom stereocenters. The Morgan fingerprint density at radius 2 is 2.32 bits per heavy atom. The zero-order valence-electron chi connectivity index (χ0n) is 11.3. The monoisotopic (exact) mass is 280 g/mol. The molecule has 2 aliphatic rings. The Hall–Kier alpha value is -0.840. The quantitative estimate of drug-likeness (QED) is 0.898. The number of fused-ring (bicyclic) bond motifs is 1. The fourth-order valence-electron chi connectivity index (χ4n) is 3.28. The van der Waals surface area contributed by atoms with Gasteiger partial charge >= 0.3 is 0 Å². The second-order valence-electron chi connectivity index (χ2n) is 5.65. The van der Waals surface area contributed by atoms with Gasteiger partial charge in [-0.25, -0.2) is 4.98 Å². The summed E-state index contributed by atoms with van der Waals surface area (Å²) < 4.78 is 0. The Labute approximate surface area is 119 Å². The van der Waals surface area contributed by atoms with Gasteiger partial charge in [0.15, 0.2) is 0 Å². The Morgan fingerprint density at radius 1 is 1.47 bits per heavy atom. The van der Waals surface area contributed by atoms with Crippen molar-refractivity contribution in [1.29, 1.82) is 0 Å². The number of aromatic nitrogens is 1. The number of hydrogen-bond donors (Lipinski definition) is 1. The van der Waals surface area contributed by atoms with Crippen LogP contribution in [0.25, 0.3) is 0 Å². The van der Waals surface area contributed by atoms with Crippen LogP contribution in [0.5, 0.6) is 0 Å². The Balaban J connectivity index is 1.84. The SMILES string of the molecule is CC1CN2CCCC2CN1c1ncc(CN)cc1Cl. The van der Waals surface area contributed by atoms with Crippen LogP contribution < -0.4 is 10.6 Å². The van der Waals surface area contributed by atoms with Gasteiger partial charge in [0.25, 0.3) is 0 Å². The number of anilines is 1. The highest BCUT2D eigenvalue weighted by molar-refractivity contribution is 6.33. The molecule has 0 aliphatic carbocycles. The van der Waals surface area contributed by atoms with Gasteiger partial charge in [-0.15, -0.1) is 0 Å². The van der Waals surface area contributed by atoms with Gasteiger partial charge in [-0.05, 0) is 37.9 Å². The molecule has 2 saturated heterocycles. The molecule has 104 valence electrons. The maximum atomic E-state index is 6.38. The summed E-state index contributed by atoms with van der Waals surface area (Å²) in [7, 11) is 0. The van der Waals surface area contributed by atoms with E-state index in [2.05, 4.69) is 21.7 Å². The summed E-state index contributed by atoms with van der Waals surface area (Å²) >= 11 is 6.38. The van der Waals surface area contributed by atoms with Crippen molar-refractivity contribution < 1.29 is 0 Å². The Bertz CT molecular complexity index is 465. The van der Waals surface area contributed by atoms with Crippen LogP contribution in [0, 0.1) is 0 Å². The standard InChI is InChI=1S/C14H21ClN4/c1-10-8-18-4-2-3-12(18)9-19(10)14-13(15)5-11(6-16)7-17-14/h5,7,10,12H,2-4,6,8-9,16H2,1H3. The van der Waals surface area contributed by atoms with Crippen LogP contribution in [0.4, 0.5) is 5.82 Å². The summed E-state index contributed by atoms with van der Waals surface area (Å²) in [5.41, 5.74) is 6.61. The molecule has 0 saturated carbocycles. The van der Waals surface area contributed by atoms with Gasteiger partial charge in [-0.1, -0.05) is 11.6 Å². The number of piperazine rings is 1. The van der Waals surface area contributed by atoms with Crippen LogP contribution in [-0.4, -0.2) is 41.6 Å². The summed E-state index contributed by atoms with van der Waals surface area (Å²) in [6.45, 7) is 6.13. The van der Waals surface area contributed by atoms with Gasteiger partial charge in [0.2, 0.25) is 0 Å². The second-order valence-corrected chi connectivity index (χ2v) is 6.05. The van der Waals surface area contributed by atoms with Gasteiger partial charge in [0, 0.05) is 37.9 Å². The third-order valence-corrected chi connectivity index (χ3v) is 4.60. The van der Waals surface area contributed by atoms with Crippen molar-refractivity contribution in [3.8, 4) is 0 Å². The lowest BCUT2D eigenvalue weighted by molar-refractivity contribution is 0.202. The fourth-order valence-corrected chi connectivity index (χ4v) is 3.57. The third-order valence-electron chi connectivity index (χ3n) is 4.32. The highest BCUT2D eigenvalue weighted by atomic mass is 35.5. The van der Waals surface area contributed by atoms with Crippen molar-refractivity contribution in [1.82, 2.24) is 9.88 Å². The minimum absolute atomic E-state index is 0.461. The molecule has 19 heavy (non-hydrogen) atoms. The number of pyridine rings is 1. The molecule has 5 heteroatoms. The van der Waals surface area contributed by atoms with Gasteiger partial charge in [0.1, 0.15) is 5.82 Å². The number of nitrogens with two attached hydrogens (primary N) is 1. The molecular formula is C14H21ClN4. The van der Waals surface area contributed by atoms with Gasteiger partial charge in [-0.3, -0.25) is 4.90 Å². The average Bonchev–Trinajstić information content (AvgIpc) is 2.85. The van der Waals surface area contributed by atoms with Crippen LogP contribution in [0.1, 0.15) is 25.3 Å². The van der Waals surface area contributed by atoms with E-state index in [0.29, 0.717) is 18.6 Å². The van der Waals surface area contributed by atoms with Gasteiger partial charge in [0.05, 0.1) is 5.02 Å². The van der Waals surface area contributed by atoms with E-state index in [0.717, 1.165) is 29.5 Å². The maximum absolute atomic E-state index is 6.38. The van der Waals surface area contributed by atoms with E-state index in [4.69, 9.17) is 17.3 Å². The highest BCUT2D eigenvalue weighted by Crippen LogP contribution is 2.31. The highest BCUT2D eigenvalue weighted by Gasteiger charge is 2.35. The van der Waals surface area contributed by atoms with Crippen molar-refractivity contribution in [3.05, 3.63) is 22.8 Å². The Kier molecular flexibility index (Phi) is 3.65. The van der Waals surface area contributed by atoms with Gasteiger partial charge in [-0.2, -0.15) is 0 Å². The molecule has 4 nitrogen and oxygen atoms in total. The van der Waals surface area contributed by atoms with Crippen LogP contribution >= 0.6 is 11.6 Å². The molecule has 1 aromatic heterocycles. The first kappa shape index (κ1) is 13.2. The number of nitrogens with zero attached hydrogens (tertiary/aromatic N) is 3. The predicted octanol–water partition coefficient (Wildman–Crippen LogP) is 1.87. The minimum atomic E-state index is 0.461. The average molecular weight is 281 g/mol. The normalized spacial score (nSPS) is 27.6. The summed E-state index contributed by atoms with van der Waals surface area (Å²) in [6.07, 6.45) is 4.45. The first-order valence-corrected chi connectivity index (χ1v) is 7.42. The molecule has 0 spiro atoms. The molecule has 2 fully saturated rings. The maximum Gasteiger partial charge on any atom is 0.147 e. The van der Waals surface area contributed by atoms with E-state index in [1.54, 1.807) is 0 Å². The van der Waals surface area contributed by atoms with Crippen LogP contribution in [-0.2, 0) is 6.54 Å². The smallest absolute Gasteiger partial charge is 0.147 e. The second kappa shape index (κ2) is 5.27. The van der Waals surface area contributed by atoms with Crippen molar-refractivity contribution in [2.24, 2.45) is 5.73 Å². The van der Waals surface area contributed by atoms with E-state index in [9.17, 15) is 0 Å². The zero-order chi connectivity index (χ0) is 13.4. The van der Waals surface area contributed by atoms with Crippen LogP contribution in [0.15, 0.2) is 12.3 Å². The molecule has 2 N–H and O–H groups in total. The van der Waals surface area contributed by atoms with Crippen molar-refractivity contribution >= 4 is 17.4 Å². The van der Waals surface area contributed by atoms with Crippen molar-refractivity contribution in [2.75, 3.05) is 24.5 Å². The number of hydrogen-bond acceptors (Lipinski definition) is 4. The molecule has 0 amide bonds. The molecular weight excluding hydrogens is 260 g/mol. The van der Waals surface area contributed by atoms with E-state index in [1.807, 2.05) is 12.3 Å². The van der Waals surface area contributed by atoms with E-state index < -0.39 is 0 Å². The molecule has 0 bridgehead atoms. The molecule has 2 aliphatic heterocycles. The van der Waals surface area contributed by atoms with E-state index in [-0.39, 0.29) is 0 Å². The molecule has 1 aromatic rings. The lowest BCUT2D eigenvalue weighted by Crippen LogP contribution is -2.55. The lowest BCUT2D eigenvalue weighted by atomic mass is 10.1. The molecule has 0 aromatic carbocycles. The number of rotatable bonds is 2. The van der Waals surface area contributed by atoms with E-state index >= 15 is 0 Å².